The van der Waals surface area contributed by atoms with Crippen LogP contribution in [0.4, 0.5) is 5.69 Å². The van der Waals surface area contributed by atoms with Crippen molar-refractivity contribution in [3.05, 3.63) is 69.3 Å². The van der Waals surface area contributed by atoms with E-state index >= 15 is 0 Å². The number of benzene rings is 2. The molecule has 4 rings (SSSR count). The van der Waals surface area contributed by atoms with Gasteiger partial charge in [0.25, 0.3) is 11.6 Å². The van der Waals surface area contributed by atoms with Crippen molar-refractivity contribution < 1.29 is 27.6 Å². The van der Waals surface area contributed by atoms with Crippen molar-refractivity contribution in [2.45, 2.75) is 13.5 Å². The van der Waals surface area contributed by atoms with E-state index in [1.807, 2.05) is 0 Å². The molecule has 186 valence electrons. The lowest BCUT2D eigenvalue weighted by Crippen LogP contribution is -2.45. The van der Waals surface area contributed by atoms with Crippen LogP contribution in [0.1, 0.15) is 18.1 Å². The maximum atomic E-state index is 12.6. The van der Waals surface area contributed by atoms with Gasteiger partial charge in [-0.2, -0.15) is 9.39 Å². The van der Waals surface area contributed by atoms with Crippen LogP contribution in [-0.4, -0.2) is 53.2 Å². The standard InChI is InChI=1S/C22H19N5O7S2/c1-3-36(31,32)22-25-35-21-24-20(28)15(19(23)26(21)22)10-13-8-9-17(18(11-13)33-2)34-12-14-6-4-5-7-16(14)27(29)30/h4-11,23H,3,12H2,1-2H3/b15-10-,23-19?. The molecule has 0 radical (unpaired) electrons. The second-order valence-electron chi connectivity index (χ2n) is 7.39. The van der Waals surface area contributed by atoms with Gasteiger partial charge in [0.1, 0.15) is 12.4 Å². The first-order valence-electron chi connectivity index (χ1n) is 10.4. The van der Waals surface area contributed by atoms with E-state index in [4.69, 9.17) is 14.9 Å². The first-order valence-corrected chi connectivity index (χ1v) is 12.8. The van der Waals surface area contributed by atoms with E-state index in [0.717, 1.165) is 16.8 Å². The lowest BCUT2D eigenvalue weighted by molar-refractivity contribution is -0.385. The molecule has 0 spiro atoms. The largest absolute Gasteiger partial charge is 0.493 e. The minimum atomic E-state index is -3.75. The van der Waals surface area contributed by atoms with Gasteiger partial charge in [0, 0.05) is 6.07 Å². The molecule has 2 aliphatic heterocycles. The Hall–Kier alpha value is -4.04. The summed E-state index contributed by atoms with van der Waals surface area (Å²) in [5.74, 6) is -0.695. The van der Waals surface area contributed by atoms with Crippen LogP contribution in [-0.2, 0) is 21.2 Å². The molecule has 2 aliphatic rings. The smallest absolute Gasteiger partial charge is 0.283 e. The predicted octanol–water partition coefficient (Wildman–Crippen LogP) is 3.19. The number of nitrogens with zero attached hydrogens (tertiary/aromatic N) is 4. The highest BCUT2D eigenvalue weighted by Crippen LogP contribution is 2.33. The van der Waals surface area contributed by atoms with Gasteiger partial charge in [-0.1, -0.05) is 25.1 Å². The molecule has 36 heavy (non-hydrogen) atoms. The van der Waals surface area contributed by atoms with E-state index in [2.05, 4.69) is 9.39 Å². The van der Waals surface area contributed by atoms with Crippen molar-refractivity contribution in [1.29, 1.82) is 5.41 Å². The molecule has 14 heteroatoms. The molecule has 0 saturated carbocycles. The van der Waals surface area contributed by atoms with Crippen molar-refractivity contribution in [3.8, 4) is 11.5 Å². The Balaban J connectivity index is 1.61. The first-order chi connectivity index (χ1) is 17.2. The van der Waals surface area contributed by atoms with Crippen LogP contribution < -0.4 is 9.47 Å². The van der Waals surface area contributed by atoms with Crippen LogP contribution in [0.3, 0.4) is 0 Å². The summed E-state index contributed by atoms with van der Waals surface area (Å²) in [6, 6.07) is 10.9. The molecule has 0 fully saturated rings. The molecule has 2 heterocycles. The number of methoxy groups -OCH3 is 1. The van der Waals surface area contributed by atoms with E-state index < -0.39 is 20.7 Å². The molecule has 12 nitrogen and oxygen atoms in total. The molecule has 0 aliphatic carbocycles. The quantitative estimate of drug-likeness (QED) is 0.245. The summed E-state index contributed by atoms with van der Waals surface area (Å²) in [4.78, 5) is 28.3. The number of carbonyl (C=O) groups is 1. The third-order valence-electron chi connectivity index (χ3n) is 5.22. The Morgan fingerprint density at radius 1 is 1.22 bits per heavy atom. The fourth-order valence-electron chi connectivity index (χ4n) is 3.36. The average Bonchev–Trinajstić information content (AvgIpc) is 3.30. The lowest BCUT2D eigenvalue weighted by Gasteiger charge is -2.24. The number of fused-ring (bicyclic) bond motifs is 1. The van der Waals surface area contributed by atoms with Crippen LogP contribution in [0.2, 0.25) is 0 Å². The molecule has 0 aromatic heterocycles. The molecular formula is C22H19N5O7S2. The molecule has 2 aromatic rings. The summed E-state index contributed by atoms with van der Waals surface area (Å²) >= 11 is 0.724. The third kappa shape index (κ3) is 4.72. The van der Waals surface area contributed by atoms with Crippen molar-refractivity contribution in [1.82, 2.24) is 4.90 Å². The number of nitro benzene ring substituents is 1. The van der Waals surface area contributed by atoms with Gasteiger partial charge in [-0.05, 0) is 29.8 Å². The van der Waals surface area contributed by atoms with Gasteiger partial charge in [-0.3, -0.25) is 20.3 Å². The van der Waals surface area contributed by atoms with E-state index in [-0.39, 0.29) is 45.5 Å². The van der Waals surface area contributed by atoms with Crippen LogP contribution in [0.5, 0.6) is 11.5 Å². The van der Waals surface area contributed by atoms with Gasteiger partial charge in [-0.25, -0.2) is 13.3 Å². The Labute approximate surface area is 210 Å². The van der Waals surface area contributed by atoms with Crippen LogP contribution in [0, 0.1) is 15.5 Å². The number of rotatable bonds is 7. The molecule has 0 saturated heterocycles. The number of carbonyl (C=O) groups excluding carboxylic acids is 1. The van der Waals surface area contributed by atoms with Crippen LogP contribution >= 0.6 is 11.9 Å². The second kappa shape index (κ2) is 9.91. The topological polar surface area (TPSA) is 165 Å². The third-order valence-corrected chi connectivity index (χ3v) is 7.63. The fourth-order valence-corrected chi connectivity index (χ4v) is 5.32. The summed E-state index contributed by atoms with van der Waals surface area (Å²) < 4.78 is 39.8. The maximum Gasteiger partial charge on any atom is 0.283 e. The summed E-state index contributed by atoms with van der Waals surface area (Å²) in [5, 5.41) is 19.4. The zero-order valence-corrected chi connectivity index (χ0v) is 20.6. The van der Waals surface area contributed by atoms with E-state index in [1.165, 1.54) is 26.2 Å². The summed E-state index contributed by atoms with van der Waals surface area (Å²) in [5.41, 5.74) is 0.644. The number of aliphatic imine (C=N–C) groups is 1. The summed E-state index contributed by atoms with van der Waals surface area (Å²) in [6.07, 6.45) is 1.39. The zero-order chi connectivity index (χ0) is 26.0. The number of nitro groups is 1. The number of amides is 1. The van der Waals surface area contributed by atoms with Gasteiger partial charge >= 0.3 is 0 Å². The number of sulfone groups is 1. The number of nitrogens with one attached hydrogen (secondary N) is 1. The minimum Gasteiger partial charge on any atom is -0.493 e. The molecule has 1 N–H and O–H groups in total. The number of hydrogen-bond acceptors (Lipinski definition) is 10. The number of amidine groups is 3. The minimum absolute atomic E-state index is 0.00510. The molecule has 1 amide bonds. The van der Waals surface area contributed by atoms with Crippen LogP contribution in [0.25, 0.3) is 6.08 Å². The predicted molar refractivity (Wildman–Crippen MR) is 135 cm³/mol. The maximum absolute atomic E-state index is 12.6. The molecule has 0 atom stereocenters. The highest BCUT2D eigenvalue weighted by molar-refractivity contribution is 8.16. The number of ether oxygens (including phenoxy) is 2. The Kier molecular flexibility index (Phi) is 6.90. The number of para-hydroxylation sites is 1. The van der Waals surface area contributed by atoms with E-state index in [9.17, 15) is 23.3 Å². The molecule has 2 aromatic carbocycles. The lowest BCUT2D eigenvalue weighted by atomic mass is 10.1. The molecular weight excluding hydrogens is 510 g/mol. The van der Waals surface area contributed by atoms with E-state index in [0.29, 0.717) is 16.9 Å². The normalized spacial score (nSPS) is 16.5. The average molecular weight is 530 g/mol. The molecule has 0 unspecified atom stereocenters. The Morgan fingerprint density at radius 2 is 1.97 bits per heavy atom. The first kappa shape index (κ1) is 25.1. The number of hydrogen-bond donors (Lipinski definition) is 1. The monoisotopic (exact) mass is 529 g/mol. The van der Waals surface area contributed by atoms with Gasteiger partial charge in [-0.15, -0.1) is 0 Å². The summed E-state index contributed by atoms with van der Waals surface area (Å²) in [6.45, 7) is 1.38. The van der Waals surface area contributed by atoms with E-state index in [1.54, 1.807) is 36.4 Å². The van der Waals surface area contributed by atoms with Gasteiger partial charge in [0.2, 0.25) is 20.2 Å². The second-order valence-corrected chi connectivity index (χ2v) is 10.3. The Morgan fingerprint density at radius 3 is 2.67 bits per heavy atom. The van der Waals surface area contributed by atoms with Crippen molar-refractivity contribution in [2.24, 2.45) is 9.39 Å². The van der Waals surface area contributed by atoms with Crippen LogP contribution in [0.15, 0.2) is 57.4 Å². The van der Waals surface area contributed by atoms with Gasteiger partial charge in [0.05, 0.1) is 40.9 Å². The van der Waals surface area contributed by atoms with Gasteiger partial charge < -0.3 is 9.47 Å². The van der Waals surface area contributed by atoms with Gasteiger partial charge in [0.15, 0.2) is 11.5 Å². The van der Waals surface area contributed by atoms with Crippen molar-refractivity contribution in [3.63, 3.8) is 0 Å². The van der Waals surface area contributed by atoms with Crippen molar-refractivity contribution in [2.75, 3.05) is 12.9 Å². The van der Waals surface area contributed by atoms with Crippen molar-refractivity contribution >= 4 is 55.6 Å². The molecule has 0 bridgehead atoms. The SMILES string of the molecule is CCS(=O)(=O)C1=NSC2=NC(=O)/C(=C\c3ccc(OCc4ccccc4[N+](=O)[O-])c(OC)c3)C(=N)N21. The highest BCUT2D eigenvalue weighted by atomic mass is 32.2. The summed E-state index contributed by atoms with van der Waals surface area (Å²) in [7, 11) is -2.34. The highest BCUT2D eigenvalue weighted by Gasteiger charge is 2.42. The Bertz CT molecular complexity index is 1480. The fraction of sp³-hybridized carbons (Fsp3) is 0.182. The zero-order valence-electron chi connectivity index (χ0n) is 19.0.